The van der Waals surface area contributed by atoms with E-state index < -0.39 is 0 Å². The molecule has 57 heavy (non-hydrogen) atoms. The number of pyridine rings is 1. The molecular weight excluding hydrogens is 693 g/mol. The van der Waals surface area contributed by atoms with Crippen molar-refractivity contribution in [1.82, 2.24) is 10.3 Å². The third kappa shape index (κ3) is 9.33. The zero-order valence-corrected chi connectivity index (χ0v) is 35.3. The van der Waals surface area contributed by atoms with Gasteiger partial charge in [0.15, 0.2) is 6.17 Å². The van der Waals surface area contributed by atoms with Crippen molar-refractivity contribution in [3.05, 3.63) is 138 Å². The van der Waals surface area contributed by atoms with Crippen LogP contribution in [0.25, 0.3) is 33.5 Å². The molecule has 0 bridgehead atoms. The topological polar surface area (TPSA) is 49.6 Å². The van der Waals surface area contributed by atoms with E-state index in [1.54, 1.807) is 5.56 Å². The molecule has 1 N–H and O–H groups in total. The number of aliphatic imine (C=N–C) groups is 2. The lowest BCUT2D eigenvalue weighted by Gasteiger charge is -2.33. The number of hydrogen-bond acceptors (Lipinski definition) is 4. The van der Waals surface area contributed by atoms with Crippen LogP contribution in [0.4, 0.5) is 0 Å². The van der Waals surface area contributed by atoms with Crippen LogP contribution in [0.2, 0.25) is 0 Å². The third-order valence-corrected chi connectivity index (χ3v) is 12.3. The first kappa shape index (κ1) is 40.4. The number of amidine groups is 2. The van der Waals surface area contributed by atoms with Crippen molar-refractivity contribution in [2.75, 3.05) is 0 Å². The van der Waals surface area contributed by atoms with Gasteiger partial charge in [-0.25, -0.2) is 9.98 Å². The Bertz CT molecular complexity index is 2100. The molecule has 1 unspecified atom stereocenters. The van der Waals surface area contributed by atoms with E-state index in [2.05, 4.69) is 149 Å². The fourth-order valence-corrected chi connectivity index (χ4v) is 9.00. The highest BCUT2D eigenvalue weighted by atomic mass is 15.2. The van der Waals surface area contributed by atoms with Gasteiger partial charge in [0, 0.05) is 33.7 Å². The fraction of sp³-hybridized carbons (Fsp3) is 0.415. The molecule has 0 radical (unpaired) electrons. The van der Waals surface area contributed by atoms with Gasteiger partial charge in [0.25, 0.3) is 0 Å². The van der Waals surface area contributed by atoms with Gasteiger partial charge in [0.2, 0.25) is 0 Å². The number of nitrogens with one attached hydrogen (secondary N) is 1. The van der Waals surface area contributed by atoms with Gasteiger partial charge in [-0.15, -0.1) is 0 Å². The van der Waals surface area contributed by atoms with Gasteiger partial charge in [-0.1, -0.05) is 209 Å². The van der Waals surface area contributed by atoms with Crippen LogP contribution in [0, 0.1) is 5.41 Å². The van der Waals surface area contributed by atoms with Crippen molar-refractivity contribution in [2.45, 2.75) is 136 Å². The number of benzene rings is 4. The Balaban J connectivity index is 1.17. The third-order valence-electron chi connectivity index (χ3n) is 12.3. The largest absolute Gasteiger partial charge is 0.328 e. The zero-order valence-electron chi connectivity index (χ0n) is 35.3. The van der Waals surface area contributed by atoms with Crippen LogP contribution in [0.1, 0.15) is 153 Å². The highest BCUT2D eigenvalue weighted by molar-refractivity contribution is 6.12. The normalized spacial score (nSPS) is 15.7. The van der Waals surface area contributed by atoms with E-state index in [0.717, 1.165) is 28.5 Å². The molecule has 2 heterocycles. The number of aromatic nitrogens is 1. The maximum atomic E-state index is 5.16. The van der Waals surface area contributed by atoms with E-state index >= 15 is 0 Å². The first-order chi connectivity index (χ1) is 27.8. The van der Waals surface area contributed by atoms with Gasteiger partial charge < -0.3 is 5.32 Å². The number of hydrogen-bond donors (Lipinski definition) is 1. The maximum absolute atomic E-state index is 5.16. The number of fused-ring (bicyclic) bond motifs is 3. The Morgan fingerprint density at radius 1 is 0.544 bits per heavy atom. The van der Waals surface area contributed by atoms with Gasteiger partial charge in [0.1, 0.15) is 11.7 Å². The minimum atomic E-state index is -0.373. The fourth-order valence-electron chi connectivity index (χ4n) is 9.00. The number of unbranched alkanes of at least 4 members (excludes halogenated alkanes) is 10. The van der Waals surface area contributed by atoms with Crippen LogP contribution in [0.15, 0.2) is 125 Å². The second kappa shape index (κ2) is 18.6. The second-order valence-electron chi connectivity index (χ2n) is 17.5. The molecule has 0 fully saturated rings. The monoisotopic (exact) mass is 757 g/mol. The van der Waals surface area contributed by atoms with Crippen molar-refractivity contribution >= 4 is 11.7 Å². The number of rotatable bonds is 18. The van der Waals surface area contributed by atoms with E-state index in [4.69, 9.17) is 15.0 Å². The molecule has 0 spiro atoms. The molecule has 5 aromatic rings. The molecule has 1 aliphatic carbocycles. The molecule has 7 rings (SSSR count). The Labute approximate surface area is 343 Å². The van der Waals surface area contributed by atoms with Crippen LogP contribution in [0.5, 0.6) is 0 Å². The smallest absolute Gasteiger partial charge is 0.170 e. The average Bonchev–Trinajstić information content (AvgIpc) is 3.52. The van der Waals surface area contributed by atoms with Gasteiger partial charge in [0.05, 0.1) is 5.69 Å². The van der Waals surface area contributed by atoms with Crippen molar-refractivity contribution in [3.63, 3.8) is 0 Å². The molecule has 2 aliphatic rings. The molecule has 4 nitrogen and oxygen atoms in total. The summed E-state index contributed by atoms with van der Waals surface area (Å²) >= 11 is 0. The van der Waals surface area contributed by atoms with E-state index in [9.17, 15) is 0 Å². The molecule has 0 amide bonds. The zero-order chi connectivity index (χ0) is 39.7. The highest BCUT2D eigenvalue weighted by Crippen LogP contribution is 2.55. The quantitative estimate of drug-likeness (QED) is 0.0905. The lowest BCUT2D eigenvalue weighted by atomic mass is 9.70. The number of nitrogens with zero attached hydrogens (tertiary/aromatic N) is 3. The Morgan fingerprint density at radius 2 is 1.12 bits per heavy atom. The molecule has 1 aromatic heterocycles. The average molecular weight is 757 g/mol. The molecule has 296 valence electrons. The Kier molecular flexibility index (Phi) is 13.2. The predicted octanol–water partition coefficient (Wildman–Crippen LogP) is 14.7. The van der Waals surface area contributed by atoms with Crippen molar-refractivity contribution < 1.29 is 0 Å². The minimum absolute atomic E-state index is 0.0506. The summed E-state index contributed by atoms with van der Waals surface area (Å²) in [5, 5.41) is 3.58. The van der Waals surface area contributed by atoms with Crippen LogP contribution >= 0.6 is 0 Å². The summed E-state index contributed by atoms with van der Waals surface area (Å²) < 4.78 is 0. The van der Waals surface area contributed by atoms with Gasteiger partial charge >= 0.3 is 0 Å². The van der Waals surface area contributed by atoms with Crippen LogP contribution < -0.4 is 5.32 Å². The van der Waals surface area contributed by atoms with Crippen LogP contribution in [-0.4, -0.2) is 16.7 Å². The summed E-state index contributed by atoms with van der Waals surface area (Å²) in [6.45, 7) is 11.2. The molecule has 4 aromatic carbocycles. The van der Waals surface area contributed by atoms with E-state index in [1.807, 2.05) is 6.20 Å². The summed E-state index contributed by atoms with van der Waals surface area (Å²) in [4.78, 5) is 15.4. The second-order valence-corrected chi connectivity index (χ2v) is 17.5. The summed E-state index contributed by atoms with van der Waals surface area (Å²) in [5.74, 6) is 1.77. The first-order valence-corrected chi connectivity index (χ1v) is 22.1. The van der Waals surface area contributed by atoms with Gasteiger partial charge in [-0.05, 0) is 58.4 Å². The van der Waals surface area contributed by atoms with Gasteiger partial charge in [-0.3, -0.25) is 4.98 Å². The van der Waals surface area contributed by atoms with Crippen LogP contribution in [-0.2, 0) is 5.41 Å². The highest BCUT2D eigenvalue weighted by Gasteiger charge is 2.42. The molecule has 4 heteroatoms. The van der Waals surface area contributed by atoms with Crippen molar-refractivity contribution in [3.8, 4) is 33.5 Å². The standard InChI is InChI=1S/C53H64N4/c1-6-8-10-12-14-21-35-53(36-22-15-13-11-9-7-2)46-26-20-19-25-44(46)45-33-31-42(37-47(45)53)48-34-32-43(38-54-48)50-55-49(56-51(57-50)52(3,4)5)41-29-27-40(28-30-41)39-23-17-16-18-24-39/h16-20,23-34,37-38,50H,6-15,21-22,35-36H2,1-5H3,(H,55,56,57). The van der Waals surface area contributed by atoms with E-state index in [0.29, 0.717) is 0 Å². The Morgan fingerprint density at radius 3 is 1.77 bits per heavy atom. The van der Waals surface area contributed by atoms with Crippen LogP contribution in [0.3, 0.4) is 0 Å². The molecule has 1 aliphatic heterocycles. The SMILES string of the molecule is CCCCCCCCC1(CCCCCCCC)c2ccccc2-c2ccc(-c3ccc(C4N=C(c5ccc(-c6ccccc6)cc5)NC(C(C)(C)C)=N4)cn3)cc21. The lowest BCUT2D eigenvalue weighted by molar-refractivity contribution is 0.398. The Hall–Kier alpha value is -4.83. The molecule has 0 saturated heterocycles. The predicted molar refractivity (Wildman–Crippen MR) is 243 cm³/mol. The van der Waals surface area contributed by atoms with Gasteiger partial charge in [-0.2, -0.15) is 0 Å². The summed E-state index contributed by atoms with van der Waals surface area (Å²) in [6, 6.07) is 40.0. The lowest BCUT2D eigenvalue weighted by Crippen LogP contribution is -2.42. The van der Waals surface area contributed by atoms with E-state index in [1.165, 1.54) is 123 Å². The summed E-state index contributed by atoms with van der Waals surface area (Å²) in [5.41, 5.74) is 12.4. The van der Waals surface area contributed by atoms with Crippen molar-refractivity contribution in [1.29, 1.82) is 0 Å². The minimum Gasteiger partial charge on any atom is -0.328 e. The van der Waals surface area contributed by atoms with E-state index in [-0.39, 0.29) is 17.0 Å². The first-order valence-electron chi connectivity index (χ1n) is 22.1. The molecular formula is C53H64N4. The summed E-state index contributed by atoms with van der Waals surface area (Å²) in [6.07, 6.45) is 19.9. The molecule has 1 atom stereocenters. The maximum Gasteiger partial charge on any atom is 0.170 e. The van der Waals surface area contributed by atoms with Crippen molar-refractivity contribution in [2.24, 2.45) is 15.4 Å². The molecule has 0 saturated carbocycles. The summed E-state index contributed by atoms with van der Waals surface area (Å²) in [7, 11) is 0.